The highest BCUT2D eigenvalue weighted by Gasteiger charge is 2.50. The number of allylic oxidation sites excluding steroid dienone is 1. The summed E-state index contributed by atoms with van der Waals surface area (Å²) in [6, 6.07) is 0. The molecule has 21 heteroatoms. The molecular weight excluding hydrogens is 991 g/mol. The lowest BCUT2D eigenvalue weighted by Gasteiger charge is -2.45. The summed E-state index contributed by atoms with van der Waals surface area (Å²) in [5, 5.41) is 132. The lowest BCUT2D eigenvalue weighted by atomic mass is 9.83. The average molecular weight is 1090 g/mol. The van der Waals surface area contributed by atoms with Gasteiger partial charge in [0.2, 0.25) is 0 Å². The third kappa shape index (κ3) is 25.2. The van der Waals surface area contributed by atoms with Gasteiger partial charge in [0, 0.05) is 55.6 Å². The molecule has 442 valence electrons. The van der Waals surface area contributed by atoms with Crippen LogP contribution in [0, 0.1) is 35.5 Å². The van der Waals surface area contributed by atoms with Gasteiger partial charge in [-0.05, 0) is 82.5 Å². The van der Waals surface area contributed by atoms with Crippen molar-refractivity contribution in [3.8, 4) is 0 Å². The zero-order valence-electron chi connectivity index (χ0n) is 46.3. The first-order chi connectivity index (χ1) is 35.5. The summed E-state index contributed by atoms with van der Waals surface area (Å²) < 4.78 is 17.5. The summed E-state index contributed by atoms with van der Waals surface area (Å²) in [7, 11) is 0. The van der Waals surface area contributed by atoms with E-state index >= 15 is 0 Å². The number of hydrogen-bond acceptors (Lipinski definition) is 18. The predicted molar refractivity (Wildman–Crippen MR) is 284 cm³/mol. The Hall–Kier alpha value is -3.32. The van der Waals surface area contributed by atoms with Crippen LogP contribution >= 0.6 is 0 Å². The molecule has 2 heterocycles. The number of guanidine groups is 1. The third-order valence-electron chi connectivity index (χ3n) is 15.7. The molecule has 2 aliphatic rings. The standard InChI is InChI=1S/C55H99N3O18/c1-31-16-14-17-35(5)53(72)75-51(33(3)15-12-10-8-9-11-13-22-58-54(56)57)34(4)19-21-43(62)36(6)45(64)25-39(60)23-38(59)24-40(74-50(70)29-49(68)69)26-41-27-47(66)52(71)55(73,76-41)30-48(67)32(2)18-20-42(61)37(7)46(65)28-44(31)63/h17,19,21,31-34,36-48,51-52,59-67,71,73H,8-16,18,20,22-30H2,1-7H3,(H,68,69)(H4,56,57,58)/b21-19+,35-17-/t31-,32-,33+,34-,36+,37-,38-,39+,40+,41+,42-,43-,44+,45+,46+,47+,48+,51+,52-,55-/m1/s1. The number of carboxylic acids is 1. The van der Waals surface area contributed by atoms with E-state index in [1.165, 1.54) is 6.08 Å². The van der Waals surface area contributed by atoms with Crippen molar-refractivity contribution in [3.05, 3.63) is 23.8 Å². The largest absolute Gasteiger partial charge is 0.481 e. The number of cyclic esters (lactones) is 1. The lowest BCUT2D eigenvalue weighted by Crippen LogP contribution is -2.60. The molecule has 0 saturated carbocycles. The van der Waals surface area contributed by atoms with Gasteiger partial charge in [0.05, 0.1) is 61.0 Å². The molecular formula is C55H99N3O18. The van der Waals surface area contributed by atoms with E-state index in [4.69, 9.17) is 25.7 Å². The third-order valence-corrected chi connectivity index (χ3v) is 15.7. The Morgan fingerprint density at radius 1 is 0.724 bits per heavy atom. The molecule has 0 radical (unpaired) electrons. The van der Waals surface area contributed by atoms with Crippen molar-refractivity contribution in [3.63, 3.8) is 0 Å². The fourth-order valence-corrected chi connectivity index (χ4v) is 10.2. The topological polar surface area (TPSA) is 386 Å². The monoisotopic (exact) mass is 1090 g/mol. The van der Waals surface area contributed by atoms with Crippen molar-refractivity contribution in [2.45, 2.75) is 256 Å². The number of carbonyl (C=O) groups excluding carboxylic acids is 2. The number of nitrogens with two attached hydrogens (primary N) is 2. The van der Waals surface area contributed by atoms with Crippen LogP contribution in [0.25, 0.3) is 0 Å². The van der Waals surface area contributed by atoms with E-state index in [-0.39, 0.29) is 75.1 Å². The summed E-state index contributed by atoms with van der Waals surface area (Å²) in [6.45, 7) is 12.8. The van der Waals surface area contributed by atoms with Crippen molar-refractivity contribution >= 4 is 23.9 Å². The Morgan fingerprint density at radius 2 is 1.33 bits per heavy atom. The molecule has 16 N–H and O–H groups in total. The van der Waals surface area contributed by atoms with Gasteiger partial charge in [-0.1, -0.05) is 91.9 Å². The van der Waals surface area contributed by atoms with E-state index < -0.39 is 134 Å². The van der Waals surface area contributed by atoms with Gasteiger partial charge >= 0.3 is 17.9 Å². The van der Waals surface area contributed by atoms with E-state index in [2.05, 4.69) is 4.99 Å². The highest BCUT2D eigenvalue weighted by atomic mass is 16.7. The van der Waals surface area contributed by atoms with Crippen LogP contribution < -0.4 is 11.5 Å². The zero-order valence-corrected chi connectivity index (χ0v) is 46.3. The average Bonchev–Trinajstić information content (AvgIpc) is 3.33. The molecule has 21 nitrogen and oxygen atoms in total. The molecule has 2 aliphatic heterocycles. The number of hydrogen-bond donors (Lipinski definition) is 14. The first kappa shape index (κ1) is 68.8. The summed E-state index contributed by atoms with van der Waals surface area (Å²) in [5.41, 5.74) is 11.2. The Labute approximate surface area is 450 Å². The normalized spacial score (nSPS) is 38.7. The molecule has 0 aliphatic carbocycles. The molecule has 2 rings (SSSR count). The van der Waals surface area contributed by atoms with Crippen LogP contribution in [0.1, 0.15) is 170 Å². The number of unbranched alkanes of at least 4 members (excludes halogenated alkanes) is 5. The van der Waals surface area contributed by atoms with Crippen LogP contribution in [0.3, 0.4) is 0 Å². The van der Waals surface area contributed by atoms with Crippen LogP contribution in [0.5, 0.6) is 0 Å². The van der Waals surface area contributed by atoms with Gasteiger partial charge in [-0.2, -0.15) is 0 Å². The lowest BCUT2D eigenvalue weighted by molar-refractivity contribution is -0.333. The number of ether oxygens (including phenoxy) is 3. The quantitative estimate of drug-likeness (QED) is 0.0315. The van der Waals surface area contributed by atoms with Crippen molar-refractivity contribution in [2.24, 2.45) is 52.0 Å². The van der Waals surface area contributed by atoms with Gasteiger partial charge in [-0.3, -0.25) is 14.6 Å². The van der Waals surface area contributed by atoms with Crippen LogP contribution in [0.4, 0.5) is 0 Å². The highest BCUT2D eigenvalue weighted by Crippen LogP contribution is 2.36. The van der Waals surface area contributed by atoms with Gasteiger partial charge < -0.3 is 87.0 Å². The first-order valence-corrected chi connectivity index (χ1v) is 27.8. The van der Waals surface area contributed by atoms with E-state index in [1.807, 2.05) is 20.8 Å². The number of aliphatic imine (C=N–C) groups is 1. The Kier molecular flexibility index (Phi) is 31.3. The second-order valence-electron chi connectivity index (χ2n) is 22.6. The number of aliphatic hydroxyl groups is 11. The van der Waals surface area contributed by atoms with E-state index in [0.717, 1.165) is 44.9 Å². The number of fused-ring (bicyclic) bond motifs is 2. The molecule has 1 fully saturated rings. The van der Waals surface area contributed by atoms with Gasteiger partial charge in [-0.25, -0.2) is 4.79 Å². The Morgan fingerprint density at radius 3 is 1.97 bits per heavy atom. The van der Waals surface area contributed by atoms with E-state index in [0.29, 0.717) is 25.0 Å². The van der Waals surface area contributed by atoms with Gasteiger partial charge in [-0.15, -0.1) is 0 Å². The van der Waals surface area contributed by atoms with Crippen LogP contribution in [0.2, 0.25) is 0 Å². The Bertz CT molecular complexity index is 1790. The van der Waals surface area contributed by atoms with Crippen LogP contribution in [-0.2, 0) is 28.6 Å². The van der Waals surface area contributed by atoms with Crippen LogP contribution in [-0.4, -0.2) is 177 Å². The zero-order chi connectivity index (χ0) is 57.4. The van der Waals surface area contributed by atoms with Crippen molar-refractivity contribution in [1.82, 2.24) is 0 Å². The van der Waals surface area contributed by atoms with Gasteiger partial charge in [0.15, 0.2) is 11.7 Å². The fraction of sp³-hybridized carbons (Fsp3) is 0.855. The minimum absolute atomic E-state index is 0.0363. The molecule has 0 aromatic carbocycles. The number of aliphatic carboxylic acids is 1. The highest BCUT2D eigenvalue weighted by molar-refractivity contribution is 5.90. The molecule has 2 bridgehead atoms. The molecule has 0 unspecified atom stereocenters. The minimum atomic E-state index is -2.53. The van der Waals surface area contributed by atoms with E-state index in [1.54, 1.807) is 39.8 Å². The molecule has 0 aromatic rings. The summed E-state index contributed by atoms with van der Waals surface area (Å²) in [6.07, 6.45) is -6.89. The molecule has 1 saturated heterocycles. The number of carbonyl (C=O) groups is 3. The number of carboxylic acid groups (broad SMARTS) is 1. The van der Waals surface area contributed by atoms with Gasteiger partial charge in [0.25, 0.3) is 0 Å². The second-order valence-corrected chi connectivity index (χ2v) is 22.6. The maximum atomic E-state index is 13.7. The summed E-state index contributed by atoms with van der Waals surface area (Å²) in [5.74, 6) is -8.54. The fourth-order valence-electron chi connectivity index (χ4n) is 10.2. The van der Waals surface area contributed by atoms with Crippen LogP contribution in [0.15, 0.2) is 28.8 Å². The maximum absolute atomic E-state index is 13.7. The van der Waals surface area contributed by atoms with Crippen molar-refractivity contribution in [1.29, 1.82) is 0 Å². The molecule has 0 aromatic heterocycles. The molecule has 20 atom stereocenters. The van der Waals surface area contributed by atoms with Crippen molar-refractivity contribution < 1.29 is 89.9 Å². The summed E-state index contributed by atoms with van der Waals surface area (Å²) in [4.78, 5) is 41.6. The smallest absolute Gasteiger partial charge is 0.333 e. The number of nitrogens with zero attached hydrogens (tertiary/aromatic N) is 1. The molecule has 76 heavy (non-hydrogen) atoms. The number of aliphatic hydroxyl groups excluding tert-OH is 10. The first-order valence-electron chi connectivity index (χ1n) is 27.8. The number of esters is 2. The van der Waals surface area contributed by atoms with E-state index in [9.17, 15) is 75.7 Å². The Balaban J connectivity index is 2.41. The van der Waals surface area contributed by atoms with Crippen molar-refractivity contribution in [2.75, 3.05) is 6.54 Å². The second kappa shape index (κ2) is 34.6. The SMILES string of the molecule is C/C1=C/CC[C@@H](C)[C@@H](O)C[C@H](O)[C@H](C)[C@H](O)CC[C@@H](C)[C@@H](O)C[C@@]2(O)O[C@@H](C[C@@H](OC(=O)CC(=O)O)C[C@H](O)C[C@H](O)C[C@H](O)[C@@H](C)[C@H](O)/C=C/[C@@H](C)[C@H]([C@@H](C)CCCCCCCCN=C(N)N)OC1=O)C[C@H](O)[C@H]2O. The predicted octanol–water partition coefficient (Wildman–Crippen LogP) is 2.61. The maximum Gasteiger partial charge on any atom is 0.333 e. The number of rotatable bonds is 13. The minimum Gasteiger partial charge on any atom is -0.481 e. The summed E-state index contributed by atoms with van der Waals surface area (Å²) >= 11 is 0. The van der Waals surface area contributed by atoms with Gasteiger partial charge in [0.1, 0.15) is 24.7 Å². The molecule has 0 amide bonds. The molecule has 0 spiro atoms.